The minimum Gasteiger partial charge on any atom is -0.481 e. The number of carboxylic acid groups (broad SMARTS) is 1. The molecule has 1 rings (SSSR count). The molecule has 0 aromatic heterocycles. The predicted molar refractivity (Wildman–Crippen MR) is 70.0 cm³/mol. The Morgan fingerprint density at radius 2 is 2.06 bits per heavy atom. The Bertz CT molecular complexity index is 448. The Morgan fingerprint density at radius 3 is 2.59 bits per heavy atom. The monoisotopic (exact) mass is 294 g/mol. The summed E-state index contributed by atoms with van der Waals surface area (Å²) in [6.45, 7) is 1.65. The van der Waals surface area contributed by atoms with E-state index in [4.69, 9.17) is 28.3 Å². The van der Waals surface area contributed by atoms with Gasteiger partial charge in [-0.05, 0) is 17.7 Å². The molecule has 1 aromatic carbocycles. The highest BCUT2D eigenvalue weighted by Gasteiger charge is 2.15. The van der Waals surface area contributed by atoms with E-state index in [1.54, 1.807) is 25.1 Å². The van der Waals surface area contributed by atoms with Crippen molar-refractivity contribution in [2.45, 2.75) is 24.3 Å². The average molecular weight is 295 g/mol. The van der Waals surface area contributed by atoms with Crippen LogP contribution in [0.2, 0.25) is 10.0 Å². The summed E-state index contributed by atoms with van der Waals surface area (Å²) in [7, 11) is -1.23. The summed E-state index contributed by atoms with van der Waals surface area (Å²) in [6, 6.07) is 5.02. The molecule has 94 valence electrons. The number of halogens is 2. The first-order valence-corrected chi connectivity index (χ1v) is 7.07. The van der Waals surface area contributed by atoms with E-state index >= 15 is 0 Å². The lowest BCUT2D eigenvalue weighted by Gasteiger charge is -2.09. The Hall–Kier alpha value is -0.580. The van der Waals surface area contributed by atoms with E-state index in [0.717, 1.165) is 5.56 Å². The molecule has 0 saturated carbocycles. The summed E-state index contributed by atoms with van der Waals surface area (Å²) in [5.74, 6) is -0.661. The van der Waals surface area contributed by atoms with E-state index in [1.807, 2.05) is 0 Å². The SMILES string of the molecule is CC(CC(=O)O)S(=O)Cc1ccc(Cl)c(Cl)c1. The number of hydrogen-bond acceptors (Lipinski definition) is 2. The molecule has 1 N–H and O–H groups in total. The van der Waals surface area contributed by atoms with Crippen LogP contribution in [0.1, 0.15) is 18.9 Å². The topological polar surface area (TPSA) is 54.4 Å². The number of benzene rings is 1. The maximum Gasteiger partial charge on any atom is 0.304 e. The van der Waals surface area contributed by atoms with Crippen LogP contribution in [0.15, 0.2) is 18.2 Å². The summed E-state index contributed by atoms with van der Waals surface area (Å²) in [5, 5.41) is 9.07. The molecule has 0 heterocycles. The third-order valence-electron chi connectivity index (χ3n) is 2.20. The molecule has 0 aliphatic heterocycles. The van der Waals surface area contributed by atoms with Gasteiger partial charge in [0.2, 0.25) is 0 Å². The Balaban J connectivity index is 2.67. The van der Waals surface area contributed by atoms with Crippen molar-refractivity contribution in [2.24, 2.45) is 0 Å². The van der Waals surface area contributed by atoms with Gasteiger partial charge in [-0.2, -0.15) is 0 Å². The summed E-state index contributed by atoms with van der Waals surface area (Å²) in [5.41, 5.74) is 0.787. The zero-order chi connectivity index (χ0) is 13.0. The highest BCUT2D eigenvalue weighted by molar-refractivity contribution is 7.84. The molecule has 0 aliphatic rings. The van der Waals surface area contributed by atoms with Crippen LogP contribution < -0.4 is 0 Å². The van der Waals surface area contributed by atoms with E-state index in [9.17, 15) is 9.00 Å². The van der Waals surface area contributed by atoms with Gasteiger partial charge in [-0.3, -0.25) is 9.00 Å². The van der Waals surface area contributed by atoms with Gasteiger partial charge >= 0.3 is 5.97 Å². The molecule has 0 spiro atoms. The molecule has 6 heteroatoms. The van der Waals surface area contributed by atoms with Crippen molar-refractivity contribution in [3.8, 4) is 0 Å². The highest BCUT2D eigenvalue weighted by atomic mass is 35.5. The van der Waals surface area contributed by atoms with Gasteiger partial charge in [0.05, 0.1) is 16.5 Å². The van der Waals surface area contributed by atoms with E-state index in [2.05, 4.69) is 0 Å². The van der Waals surface area contributed by atoms with Gasteiger partial charge in [0.1, 0.15) is 0 Å². The van der Waals surface area contributed by atoms with Gasteiger partial charge in [-0.1, -0.05) is 36.2 Å². The third-order valence-corrected chi connectivity index (χ3v) is 4.62. The lowest BCUT2D eigenvalue weighted by atomic mass is 10.2. The third kappa shape index (κ3) is 4.66. The molecule has 0 fully saturated rings. The quantitative estimate of drug-likeness (QED) is 0.908. The molecule has 0 amide bonds. The molecule has 17 heavy (non-hydrogen) atoms. The summed E-state index contributed by atoms with van der Waals surface area (Å²) in [4.78, 5) is 10.5. The number of aliphatic carboxylic acids is 1. The fourth-order valence-electron chi connectivity index (χ4n) is 1.27. The zero-order valence-electron chi connectivity index (χ0n) is 9.15. The van der Waals surface area contributed by atoms with Crippen molar-refractivity contribution in [3.05, 3.63) is 33.8 Å². The number of carboxylic acids is 1. The molecule has 3 nitrogen and oxygen atoms in total. The second-order valence-electron chi connectivity index (χ2n) is 3.68. The minimum atomic E-state index is -1.23. The van der Waals surface area contributed by atoms with Crippen molar-refractivity contribution < 1.29 is 14.1 Å². The van der Waals surface area contributed by atoms with E-state index < -0.39 is 16.8 Å². The molecule has 2 atom stereocenters. The lowest BCUT2D eigenvalue weighted by molar-refractivity contribution is -0.136. The largest absolute Gasteiger partial charge is 0.481 e. The fourth-order valence-corrected chi connectivity index (χ4v) is 2.72. The predicted octanol–water partition coefficient (Wildman–Crippen LogP) is 3.11. The van der Waals surface area contributed by atoms with Crippen molar-refractivity contribution in [2.75, 3.05) is 0 Å². The second kappa shape index (κ2) is 6.38. The van der Waals surface area contributed by atoms with E-state index in [-0.39, 0.29) is 17.4 Å². The van der Waals surface area contributed by atoms with Crippen molar-refractivity contribution in [1.82, 2.24) is 0 Å². The van der Waals surface area contributed by atoms with Gasteiger partial charge in [0.25, 0.3) is 0 Å². The molecular formula is C11H12Cl2O3S. The van der Waals surface area contributed by atoms with Crippen LogP contribution in [0.25, 0.3) is 0 Å². The molecule has 1 aromatic rings. The number of rotatable bonds is 5. The van der Waals surface area contributed by atoms with Crippen molar-refractivity contribution in [1.29, 1.82) is 0 Å². The van der Waals surface area contributed by atoms with Crippen LogP contribution in [0, 0.1) is 0 Å². The minimum absolute atomic E-state index is 0.103. The first kappa shape index (κ1) is 14.5. The number of carbonyl (C=O) groups is 1. The Morgan fingerprint density at radius 1 is 1.41 bits per heavy atom. The smallest absolute Gasteiger partial charge is 0.304 e. The molecule has 0 aliphatic carbocycles. The standard InChI is InChI=1S/C11H12Cl2O3S/c1-7(4-11(14)15)17(16)6-8-2-3-9(12)10(13)5-8/h2-3,5,7H,4,6H2,1H3,(H,14,15). The van der Waals surface area contributed by atoms with Crippen LogP contribution in [0.5, 0.6) is 0 Å². The van der Waals surface area contributed by atoms with Crippen LogP contribution in [-0.4, -0.2) is 20.5 Å². The second-order valence-corrected chi connectivity index (χ2v) is 6.35. The molecule has 0 bridgehead atoms. The van der Waals surface area contributed by atoms with Crippen LogP contribution in [0.3, 0.4) is 0 Å². The van der Waals surface area contributed by atoms with E-state index in [1.165, 1.54) is 0 Å². The number of hydrogen-bond donors (Lipinski definition) is 1. The average Bonchev–Trinajstić information content (AvgIpc) is 2.22. The maximum atomic E-state index is 11.8. The highest BCUT2D eigenvalue weighted by Crippen LogP contribution is 2.23. The van der Waals surface area contributed by atoms with Gasteiger partial charge < -0.3 is 5.11 Å². The fraction of sp³-hybridized carbons (Fsp3) is 0.364. The van der Waals surface area contributed by atoms with Crippen LogP contribution >= 0.6 is 23.2 Å². The Labute approximate surface area is 112 Å². The lowest BCUT2D eigenvalue weighted by Crippen LogP contribution is -2.17. The summed E-state index contributed by atoms with van der Waals surface area (Å²) >= 11 is 11.6. The summed E-state index contributed by atoms with van der Waals surface area (Å²) in [6.07, 6.45) is -0.103. The maximum absolute atomic E-state index is 11.8. The molecule has 0 saturated heterocycles. The summed E-state index contributed by atoms with van der Waals surface area (Å²) < 4.78 is 11.8. The van der Waals surface area contributed by atoms with E-state index in [0.29, 0.717) is 10.0 Å². The van der Waals surface area contributed by atoms with Gasteiger partial charge in [0.15, 0.2) is 0 Å². The Kier molecular flexibility index (Phi) is 5.43. The molecule has 2 unspecified atom stereocenters. The first-order chi connectivity index (χ1) is 7.90. The van der Waals surface area contributed by atoms with Crippen LogP contribution in [0.4, 0.5) is 0 Å². The van der Waals surface area contributed by atoms with Crippen LogP contribution in [-0.2, 0) is 21.3 Å². The normalized spacial score (nSPS) is 14.3. The first-order valence-electron chi connectivity index (χ1n) is 4.93. The zero-order valence-corrected chi connectivity index (χ0v) is 11.5. The van der Waals surface area contributed by atoms with Gasteiger partial charge in [-0.25, -0.2) is 0 Å². The van der Waals surface area contributed by atoms with Crippen molar-refractivity contribution in [3.63, 3.8) is 0 Å². The molecule has 0 radical (unpaired) electrons. The van der Waals surface area contributed by atoms with Gasteiger partial charge in [0, 0.05) is 21.8 Å². The molecular weight excluding hydrogens is 283 g/mol. The van der Waals surface area contributed by atoms with Gasteiger partial charge in [-0.15, -0.1) is 0 Å². The van der Waals surface area contributed by atoms with Crippen molar-refractivity contribution >= 4 is 40.0 Å².